The maximum atomic E-state index is 9.81. The van der Waals surface area contributed by atoms with E-state index in [4.69, 9.17) is 0 Å². The van der Waals surface area contributed by atoms with E-state index in [1.807, 2.05) is 34.6 Å². The summed E-state index contributed by atoms with van der Waals surface area (Å²) in [6.07, 6.45) is 8.70. The van der Waals surface area contributed by atoms with Crippen molar-refractivity contribution in [2.24, 2.45) is 14.1 Å². The zero-order valence-corrected chi connectivity index (χ0v) is 51.3. The molecule has 0 radical (unpaired) electrons. The van der Waals surface area contributed by atoms with Crippen molar-refractivity contribution in [2.45, 2.75) is 164 Å². The number of halogens is 5. The van der Waals surface area contributed by atoms with Crippen LogP contribution in [0.5, 0.6) is 0 Å². The Morgan fingerprint density at radius 3 is 0.887 bits per heavy atom. The minimum absolute atomic E-state index is 0.255. The molecule has 0 atom stereocenters. The second-order valence-electron chi connectivity index (χ2n) is 11.8. The summed E-state index contributed by atoms with van der Waals surface area (Å²) in [7, 11) is 4.86. The van der Waals surface area contributed by atoms with E-state index in [0.717, 1.165) is 0 Å². The monoisotopic (exact) mass is 1380 g/mol. The van der Waals surface area contributed by atoms with Crippen molar-refractivity contribution in [1.82, 2.24) is 9.13 Å². The fraction of sp³-hybridized carbons (Fsp3) is 0.605. The van der Waals surface area contributed by atoms with E-state index >= 15 is 0 Å². The van der Waals surface area contributed by atoms with Gasteiger partial charge in [-0.05, 0) is 119 Å². The second-order valence-corrected chi connectivity index (χ2v) is 59.0. The molecule has 0 N–H and O–H groups in total. The average molecular weight is 1380 g/mol. The van der Waals surface area contributed by atoms with Crippen LogP contribution in [0.2, 0.25) is 0 Å². The summed E-state index contributed by atoms with van der Waals surface area (Å²) in [5.41, 5.74) is 14.1. The Kier molecular flexibility index (Phi) is 54.9. The van der Waals surface area contributed by atoms with Gasteiger partial charge in [-0.1, -0.05) is 95.4 Å². The molecule has 0 spiro atoms. The summed E-state index contributed by atoms with van der Waals surface area (Å²) in [6, 6.07) is 4.42. The van der Waals surface area contributed by atoms with E-state index in [1.54, 1.807) is 6.92 Å². The first-order valence-electron chi connectivity index (χ1n) is 19.0. The standard InChI is InChI=1S/2C13H17N.C4H8O.3C3H8.2C2H6.5HI.2V/c2*1-8-9(2)11(4)13-12(10(8)3)6-7-14(13)5;1-3-4(2)5;3*1-3-2;2*1-2;;;;;;;/h2*6-7H,1-5H3;3H2,1-2H3;3*3H2,1-2H3;2*1-2H3;5*1H;;/q;;;;;;;;;;;;;+2;+3/p-5. The fourth-order valence-electron chi connectivity index (χ4n) is 4.48. The van der Waals surface area contributed by atoms with E-state index in [1.165, 1.54) is 85.6 Å². The Morgan fingerprint density at radius 1 is 0.547 bits per heavy atom. The number of carbonyl (C=O) groups is 1. The van der Waals surface area contributed by atoms with Crippen LogP contribution in [0.25, 0.3) is 21.8 Å². The number of nitrogens with zero attached hydrogens (tertiary/aromatic N) is 2. The van der Waals surface area contributed by atoms with Gasteiger partial charge in [-0.25, -0.2) is 0 Å². The average Bonchev–Trinajstić information content (AvgIpc) is 3.70. The van der Waals surface area contributed by atoms with Crippen LogP contribution < -0.4 is 0 Å². The van der Waals surface area contributed by atoms with Crippen LogP contribution in [0, 0.1) is 55.4 Å². The summed E-state index contributed by atoms with van der Waals surface area (Å²) < 4.78 is 4.42. The molecule has 311 valence electrons. The number of aromatic nitrogens is 2. The van der Waals surface area contributed by atoms with Gasteiger partial charge in [0.2, 0.25) is 0 Å². The first-order valence-corrected chi connectivity index (χ1v) is 41.5. The zero-order valence-electron chi connectivity index (χ0n) is 37.7. The van der Waals surface area contributed by atoms with E-state index in [-0.39, 0.29) is 10.7 Å². The van der Waals surface area contributed by atoms with Crippen LogP contribution in [0.4, 0.5) is 0 Å². The van der Waals surface area contributed by atoms with Gasteiger partial charge in [0.05, 0.1) is 11.0 Å². The van der Waals surface area contributed by atoms with Gasteiger partial charge in [-0.15, -0.1) is 0 Å². The van der Waals surface area contributed by atoms with Crippen LogP contribution in [-0.4, -0.2) is 14.9 Å². The summed E-state index contributed by atoms with van der Waals surface area (Å²) in [5.74, 6) is 0.255. The predicted molar refractivity (Wildman–Crippen MR) is 285 cm³/mol. The van der Waals surface area contributed by atoms with Gasteiger partial charge in [0.1, 0.15) is 5.78 Å². The molecule has 0 aliphatic carbocycles. The van der Waals surface area contributed by atoms with Crippen LogP contribution in [-0.2, 0) is 33.3 Å². The van der Waals surface area contributed by atoms with Gasteiger partial charge >= 0.3 is 114 Å². The molecule has 0 saturated heterocycles. The third kappa shape index (κ3) is 29.8. The molecule has 0 unspecified atom stereocenters. The Balaban J connectivity index is -0.000000131. The molecule has 10 heteroatoms. The number of ketones is 1. The predicted octanol–water partition coefficient (Wildman–Crippen LogP) is 18.5. The van der Waals surface area contributed by atoms with Crippen molar-refractivity contribution in [1.29, 1.82) is 0 Å². The molecule has 0 aliphatic rings. The number of aryl methyl sites for hydroxylation is 6. The number of hydrogen-bond donors (Lipinski definition) is 0. The number of hydrogen-bond acceptors (Lipinski definition) is 1. The topological polar surface area (TPSA) is 26.9 Å². The Hall–Kier alpha value is 2.01. The van der Waals surface area contributed by atoms with E-state index in [9.17, 15) is 4.79 Å². The van der Waals surface area contributed by atoms with E-state index in [2.05, 4.69) is 245 Å². The number of benzene rings is 2. The van der Waals surface area contributed by atoms with E-state index < -0.39 is 0 Å². The van der Waals surface area contributed by atoms with Gasteiger partial charge in [0, 0.05) is 43.7 Å². The maximum absolute atomic E-state index is 9.81. The van der Waals surface area contributed by atoms with E-state index in [0.29, 0.717) is 15.9 Å². The summed E-state index contributed by atoms with van der Waals surface area (Å²) >= 11 is 12.1. The quantitative estimate of drug-likeness (QED) is 0.175. The number of rotatable bonds is 1. The zero-order chi connectivity index (χ0) is 43.6. The van der Waals surface area contributed by atoms with Gasteiger partial charge in [-0.3, -0.25) is 0 Å². The third-order valence-corrected chi connectivity index (χ3v) is 7.54. The summed E-state index contributed by atoms with van der Waals surface area (Å²) in [6.45, 7) is 41.9. The molecule has 2 heterocycles. The fourth-order valence-corrected chi connectivity index (χ4v) is 4.48. The SMILES string of the molecule is CC.CC.CCC.CCC.CCC.CCC(C)=O.Cc1c(C)c(C)c2c(ccn2C)c1C.Cc1c(C)c(C)c2c(ccn2C)c1C.[I][V]([I])[I].[I][V][I]. The summed E-state index contributed by atoms with van der Waals surface area (Å²) in [4.78, 5) is 9.54. The molecule has 0 saturated carbocycles. The Bertz CT molecular complexity index is 1360. The molecule has 0 aliphatic heterocycles. The van der Waals surface area contributed by atoms with Crippen molar-refractivity contribution < 1.29 is 19.2 Å². The minimum atomic E-state index is -0.278. The second kappa shape index (κ2) is 43.6. The third-order valence-electron chi connectivity index (χ3n) is 7.54. The molecule has 4 rings (SSSR count). The first kappa shape index (κ1) is 66.8. The molecule has 2 aromatic heterocycles. The number of fused-ring (bicyclic) bond motifs is 2. The number of Topliss-reactive ketones (excluding diaryl/α,β-unsaturated/α-hetero) is 1. The van der Waals surface area contributed by atoms with Gasteiger partial charge < -0.3 is 13.9 Å². The molecular weight excluding hydrogens is 1300 g/mol. The normalized spacial score (nSPS) is 8.83. The molecule has 0 bridgehead atoms. The van der Waals surface area contributed by atoms with Crippen molar-refractivity contribution >= 4 is 127 Å². The van der Waals surface area contributed by atoms with Crippen LogP contribution >= 0.6 is 99.9 Å². The van der Waals surface area contributed by atoms with Gasteiger partial charge in [-0.2, -0.15) is 0 Å². The van der Waals surface area contributed by atoms with Gasteiger partial charge in [0.15, 0.2) is 0 Å². The van der Waals surface area contributed by atoms with Crippen molar-refractivity contribution in [3.05, 3.63) is 69.0 Å². The van der Waals surface area contributed by atoms with Gasteiger partial charge in [0.25, 0.3) is 0 Å². The molecule has 53 heavy (non-hydrogen) atoms. The van der Waals surface area contributed by atoms with Crippen LogP contribution in [0.3, 0.4) is 0 Å². The Labute approximate surface area is 397 Å². The molecule has 3 nitrogen and oxygen atoms in total. The van der Waals surface area contributed by atoms with Crippen molar-refractivity contribution in [3.63, 3.8) is 0 Å². The van der Waals surface area contributed by atoms with Crippen LogP contribution in [0.15, 0.2) is 24.5 Å². The van der Waals surface area contributed by atoms with Crippen molar-refractivity contribution in [3.8, 4) is 0 Å². The molecule has 0 fully saturated rings. The summed E-state index contributed by atoms with van der Waals surface area (Å²) in [5, 5.41) is 2.79. The molecular formula is C43H78I5N2OV2. The Morgan fingerprint density at radius 2 is 0.717 bits per heavy atom. The first-order chi connectivity index (χ1) is 24.7. The van der Waals surface area contributed by atoms with Crippen LogP contribution in [0.1, 0.15) is 153 Å². The van der Waals surface area contributed by atoms with Crippen molar-refractivity contribution in [2.75, 3.05) is 0 Å². The molecule has 2 aromatic carbocycles. The molecule has 4 aromatic rings. The number of carbonyl (C=O) groups excluding carboxylic acids is 1. The molecule has 0 amide bonds.